The van der Waals surface area contributed by atoms with Gasteiger partial charge >= 0.3 is 0 Å². The average Bonchev–Trinajstić information content (AvgIpc) is 2.28. The molecular formula is C12H26Si3. The standard InChI is InChI=1S/C12H26Si3/c1-11-8-9-12(10-11)13(14(2,3)4)15(5,6)7/h9-10,13H,8H2,1-7H3. The summed E-state index contributed by atoms with van der Waals surface area (Å²) in [5.41, 5.74) is 1.58. The van der Waals surface area contributed by atoms with Crippen LogP contribution in [0.1, 0.15) is 13.3 Å². The van der Waals surface area contributed by atoms with Crippen molar-refractivity contribution in [1.29, 1.82) is 0 Å². The second-order valence-corrected chi connectivity index (χ2v) is 33.6. The molecule has 0 spiro atoms. The quantitative estimate of drug-likeness (QED) is 0.671. The van der Waals surface area contributed by atoms with Crippen molar-refractivity contribution < 1.29 is 0 Å². The van der Waals surface area contributed by atoms with Gasteiger partial charge in [0.25, 0.3) is 0 Å². The molecule has 0 atom stereocenters. The van der Waals surface area contributed by atoms with Crippen molar-refractivity contribution in [1.82, 2.24) is 0 Å². The second-order valence-electron chi connectivity index (χ2n) is 7.06. The minimum absolute atomic E-state index is 0.639. The molecule has 1 aliphatic carbocycles. The van der Waals surface area contributed by atoms with Gasteiger partial charge in [0, 0.05) is 15.2 Å². The van der Waals surface area contributed by atoms with Gasteiger partial charge in [-0.2, -0.15) is 0 Å². The first-order chi connectivity index (χ1) is 6.62. The molecular weight excluding hydrogens is 228 g/mol. The van der Waals surface area contributed by atoms with Gasteiger partial charge < -0.3 is 0 Å². The van der Waals surface area contributed by atoms with E-state index < -0.39 is 23.0 Å². The molecule has 15 heavy (non-hydrogen) atoms. The zero-order valence-corrected chi connectivity index (χ0v) is 14.6. The highest BCUT2D eigenvalue weighted by atomic mass is 29.6. The number of hydrogen-bond donors (Lipinski definition) is 0. The van der Waals surface area contributed by atoms with E-state index in [1.54, 1.807) is 5.57 Å². The van der Waals surface area contributed by atoms with Gasteiger partial charge in [-0.05, 0) is 13.3 Å². The monoisotopic (exact) mass is 254 g/mol. The number of allylic oxidation sites excluding steroid dienone is 4. The van der Waals surface area contributed by atoms with Gasteiger partial charge in [0.1, 0.15) is 0 Å². The van der Waals surface area contributed by atoms with Gasteiger partial charge in [-0.1, -0.05) is 62.2 Å². The Labute approximate surface area is 98.7 Å². The van der Waals surface area contributed by atoms with Gasteiger partial charge in [0.05, 0.1) is 7.83 Å². The van der Waals surface area contributed by atoms with Crippen molar-refractivity contribution in [3.8, 4) is 0 Å². The molecule has 0 aliphatic heterocycles. The lowest BCUT2D eigenvalue weighted by Gasteiger charge is -2.37. The van der Waals surface area contributed by atoms with Crippen LogP contribution in [0.2, 0.25) is 39.3 Å². The van der Waals surface area contributed by atoms with Gasteiger partial charge in [0.2, 0.25) is 0 Å². The molecule has 0 bridgehead atoms. The summed E-state index contributed by atoms with van der Waals surface area (Å²) in [5.74, 6) is 0. The molecule has 0 aromatic rings. The van der Waals surface area contributed by atoms with E-state index in [1.165, 1.54) is 6.42 Å². The predicted octanol–water partition coefficient (Wildman–Crippen LogP) is 3.86. The summed E-state index contributed by atoms with van der Waals surface area (Å²) in [4.78, 5) is 0. The third kappa shape index (κ3) is 3.29. The summed E-state index contributed by atoms with van der Waals surface area (Å²) in [7, 11) is -2.50. The van der Waals surface area contributed by atoms with Gasteiger partial charge in [-0.25, -0.2) is 0 Å². The maximum atomic E-state index is 2.59. The Balaban J connectivity index is 3.04. The van der Waals surface area contributed by atoms with Crippen molar-refractivity contribution >= 4 is 23.0 Å². The summed E-state index contributed by atoms with van der Waals surface area (Å²) in [5, 5.41) is 1.81. The third-order valence-electron chi connectivity index (χ3n) is 3.14. The highest BCUT2D eigenvalue weighted by molar-refractivity contribution is 7.62. The molecule has 0 amide bonds. The molecule has 0 saturated heterocycles. The molecule has 1 aliphatic rings. The highest BCUT2D eigenvalue weighted by Crippen LogP contribution is 2.29. The molecule has 0 aromatic carbocycles. The Kier molecular flexibility index (Phi) is 3.68. The Morgan fingerprint density at radius 2 is 1.47 bits per heavy atom. The van der Waals surface area contributed by atoms with Crippen LogP contribution in [0.4, 0.5) is 0 Å². The molecule has 0 unspecified atom stereocenters. The summed E-state index contributed by atoms with van der Waals surface area (Å²) in [6, 6.07) is 0. The molecule has 3 heteroatoms. The van der Waals surface area contributed by atoms with E-state index in [4.69, 9.17) is 0 Å². The first-order valence-corrected chi connectivity index (χ1v) is 17.2. The van der Waals surface area contributed by atoms with E-state index in [0.29, 0.717) is 0 Å². The van der Waals surface area contributed by atoms with E-state index in [2.05, 4.69) is 58.4 Å². The van der Waals surface area contributed by atoms with Gasteiger partial charge in [0.15, 0.2) is 0 Å². The maximum Gasteiger partial charge on any atom is 0.0587 e. The minimum atomic E-state index is -0.929. The van der Waals surface area contributed by atoms with E-state index in [-0.39, 0.29) is 0 Å². The molecule has 0 saturated carbocycles. The lowest BCUT2D eigenvalue weighted by molar-refractivity contribution is 1.25. The summed E-state index contributed by atoms with van der Waals surface area (Å²) < 4.78 is 0. The predicted molar refractivity (Wildman–Crippen MR) is 80.3 cm³/mol. The molecule has 0 aromatic heterocycles. The third-order valence-corrected chi connectivity index (χ3v) is 35.7. The zero-order valence-electron chi connectivity index (χ0n) is 11.4. The fourth-order valence-electron chi connectivity index (χ4n) is 3.18. The maximum absolute atomic E-state index is 2.59. The molecule has 86 valence electrons. The van der Waals surface area contributed by atoms with Crippen LogP contribution >= 0.6 is 0 Å². The topological polar surface area (TPSA) is 0 Å². The Hall–Kier alpha value is 0.131. The van der Waals surface area contributed by atoms with Gasteiger partial charge in [-0.3, -0.25) is 0 Å². The molecule has 0 N–H and O–H groups in total. The Bertz CT molecular complexity index is 286. The van der Waals surface area contributed by atoms with Crippen molar-refractivity contribution in [2.75, 3.05) is 0 Å². The van der Waals surface area contributed by atoms with E-state index in [9.17, 15) is 0 Å². The lowest BCUT2D eigenvalue weighted by atomic mass is 10.3. The molecule has 1 rings (SSSR count). The Morgan fingerprint density at radius 3 is 1.73 bits per heavy atom. The van der Waals surface area contributed by atoms with Crippen LogP contribution in [0.15, 0.2) is 22.9 Å². The fraction of sp³-hybridized carbons (Fsp3) is 0.667. The van der Waals surface area contributed by atoms with Crippen molar-refractivity contribution in [3.63, 3.8) is 0 Å². The average molecular weight is 255 g/mol. The number of rotatable bonds is 3. The first-order valence-electron chi connectivity index (χ1n) is 5.99. The second kappa shape index (κ2) is 4.18. The van der Waals surface area contributed by atoms with Crippen LogP contribution in [0.25, 0.3) is 0 Å². The molecule has 0 nitrogen and oxygen atoms in total. The smallest absolute Gasteiger partial charge is 0.0587 e. The first kappa shape index (κ1) is 13.2. The minimum Gasteiger partial charge on any atom is -0.0821 e. The highest BCUT2D eigenvalue weighted by Gasteiger charge is 2.41. The van der Waals surface area contributed by atoms with Gasteiger partial charge in [-0.15, -0.1) is 0 Å². The number of hydrogen-bond acceptors (Lipinski definition) is 0. The SMILES string of the molecule is CC1=CC([SiH]([Si](C)(C)C)[Si](C)(C)C)=CC1. The molecule has 0 heterocycles. The fourth-order valence-corrected chi connectivity index (χ4v) is 47.0. The Morgan fingerprint density at radius 1 is 1.00 bits per heavy atom. The zero-order chi connectivity index (χ0) is 11.9. The largest absolute Gasteiger partial charge is 0.0821 e. The molecule has 0 fully saturated rings. The van der Waals surface area contributed by atoms with Crippen molar-refractivity contribution in [2.24, 2.45) is 0 Å². The van der Waals surface area contributed by atoms with Crippen LogP contribution in [0.5, 0.6) is 0 Å². The molecule has 0 radical (unpaired) electrons. The summed E-state index contributed by atoms with van der Waals surface area (Å²) in [6.45, 7) is 17.8. The van der Waals surface area contributed by atoms with Crippen LogP contribution in [0.3, 0.4) is 0 Å². The summed E-state index contributed by atoms with van der Waals surface area (Å²) >= 11 is 0. The summed E-state index contributed by atoms with van der Waals surface area (Å²) in [6.07, 6.45) is 6.30. The van der Waals surface area contributed by atoms with Crippen LogP contribution in [-0.2, 0) is 0 Å². The van der Waals surface area contributed by atoms with Crippen molar-refractivity contribution in [3.05, 3.63) is 22.9 Å². The lowest BCUT2D eigenvalue weighted by Crippen LogP contribution is -2.59. The van der Waals surface area contributed by atoms with Crippen LogP contribution < -0.4 is 0 Å². The van der Waals surface area contributed by atoms with E-state index >= 15 is 0 Å². The normalized spacial score (nSPS) is 18.1. The van der Waals surface area contributed by atoms with E-state index in [0.717, 1.165) is 0 Å². The van der Waals surface area contributed by atoms with Crippen molar-refractivity contribution in [2.45, 2.75) is 52.6 Å². The van der Waals surface area contributed by atoms with Crippen LogP contribution in [-0.4, -0.2) is 23.0 Å². The van der Waals surface area contributed by atoms with Crippen LogP contribution in [0, 0.1) is 0 Å². The van der Waals surface area contributed by atoms with E-state index in [1.807, 2.05) is 5.20 Å².